The molecule has 2 fully saturated rings. The van der Waals surface area contributed by atoms with E-state index in [-0.39, 0.29) is 24.9 Å². The van der Waals surface area contributed by atoms with Gasteiger partial charge in [0.05, 0.1) is 32.0 Å². The smallest absolute Gasteiger partial charge is 0.406 e. The van der Waals surface area contributed by atoms with Crippen LogP contribution in [-0.4, -0.2) is 42.0 Å². The Kier molecular flexibility index (Phi) is 9.67. The van der Waals surface area contributed by atoms with E-state index in [2.05, 4.69) is 4.74 Å². The molecule has 0 spiro atoms. The minimum atomic E-state index is -4.78. The van der Waals surface area contributed by atoms with E-state index in [1.807, 2.05) is 79.7 Å². The van der Waals surface area contributed by atoms with Crippen molar-refractivity contribution in [2.24, 2.45) is 5.92 Å². The second-order valence-electron chi connectivity index (χ2n) is 12.1. The van der Waals surface area contributed by atoms with Gasteiger partial charge in [0.15, 0.2) is 0 Å². The summed E-state index contributed by atoms with van der Waals surface area (Å²) in [5.41, 5.74) is 2.89. The van der Waals surface area contributed by atoms with Gasteiger partial charge < -0.3 is 28.8 Å². The van der Waals surface area contributed by atoms with E-state index in [1.165, 1.54) is 12.1 Å². The van der Waals surface area contributed by atoms with Gasteiger partial charge >= 0.3 is 6.36 Å². The molecule has 2 heterocycles. The lowest BCUT2D eigenvalue weighted by Gasteiger charge is -2.51. The molecule has 2 saturated heterocycles. The van der Waals surface area contributed by atoms with Crippen molar-refractivity contribution in [1.82, 2.24) is 0 Å². The Morgan fingerprint density at radius 2 is 1.49 bits per heavy atom. The van der Waals surface area contributed by atoms with Gasteiger partial charge in [0.1, 0.15) is 17.5 Å². The van der Waals surface area contributed by atoms with Gasteiger partial charge in [0, 0.05) is 16.5 Å². The monoisotopic (exact) mass is 668 g/mol. The molecule has 47 heavy (non-hydrogen) atoms. The van der Waals surface area contributed by atoms with Gasteiger partial charge in [-0.1, -0.05) is 97.4 Å². The van der Waals surface area contributed by atoms with Crippen LogP contribution in [0.15, 0.2) is 103 Å². The second kappa shape index (κ2) is 13.6. The maximum atomic E-state index is 12.7. The summed E-state index contributed by atoms with van der Waals surface area (Å²) in [5.74, 6) is -2.10. The van der Waals surface area contributed by atoms with Crippen LogP contribution < -0.4 is 4.74 Å². The largest absolute Gasteiger partial charge is 0.573 e. The molecule has 1 unspecified atom stereocenters. The molecule has 6 nitrogen and oxygen atoms in total. The van der Waals surface area contributed by atoms with Crippen molar-refractivity contribution in [3.8, 4) is 5.75 Å². The van der Waals surface area contributed by atoms with Gasteiger partial charge in [0.2, 0.25) is 5.79 Å². The number of benzene rings is 4. The Hall–Kier alpha value is -3.44. The molecule has 0 aliphatic carbocycles. The first kappa shape index (κ1) is 33.5. The van der Waals surface area contributed by atoms with Crippen LogP contribution in [-0.2, 0) is 44.4 Å². The third-order valence-corrected chi connectivity index (χ3v) is 9.42. The van der Waals surface area contributed by atoms with Gasteiger partial charge in [0.25, 0.3) is 0 Å². The van der Waals surface area contributed by atoms with Crippen LogP contribution in [0.5, 0.6) is 5.75 Å². The average molecular weight is 669 g/mol. The molecule has 6 atom stereocenters. The molecule has 0 aromatic heterocycles. The Morgan fingerprint density at radius 3 is 2.09 bits per heavy atom. The highest BCUT2D eigenvalue weighted by Gasteiger charge is 2.69. The molecule has 0 saturated carbocycles. The van der Waals surface area contributed by atoms with E-state index in [1.54, 1.807) is 25.1 Å². The summed E-state index contributed by atoms with van der Waals surface area (Å²) in [6.07, 6.45) is -6.67. The molecule has 4 aromatic rings. The maximum Gasteiger partial charge on any atom is 0.573 e. The van der Waals surface area contributed by atoms with Crippen molar-refractivity contribution in [2.45, 2.75) is 69.5 Å². The molecule has 6 rings (SSSR count). The van der Waals surface area contributed by atoms with Gasteiger partial charge in [-0.2, -0.15) is 0 Å². The standard InChI is InChI=1S/C37H36ClF3O6/c1-24-33(43-21-27-9-5-3-6-10-27)34(44-22-28-11-7-4-8-12-28)36(45-23-35(24,47-36)25(2)42)30-15-18-32(38)29(20-30)19-26-13-16-31(17-14-26)46-37(39,40)41/h3-18,20,24-25,33-34,42H,19,21-23H2,1-2H3/t24-,25?,33-,34+,35-,36-/m0/s1. The van der Waals surface area contributed by atoms with Gasteiger partial charge in [-0.3, -0.25) is 0 Å². The molecule has 2 aliphatic rings. The van der Waals surface area contributed by atoms with Crippen LogP contribution >= 0.6 is 11.6 Å². The number of fused-ring (bicyclic) bond motifs is 2. The fourth-order valence-electron chi connectivity index (χ4n) is 6.49. The molecular formula is C37H36ClF3O6. The van der Waals surface area contributed by atoms with Crippen molar-refractivity contribution >= 4 is 11.6 Å². The lowest BCUT2D eigenvalue weighted by molar-refractivity contribution is -0.343. The molecule has 10 heteroatoms. The van der Waals surface area contributed by atoms with Crippen LogP contribution in [0.25, 0.3) is 0 Å². The van der Waals surface area contributed by atoms with Crippen LogP contribution in [0.1, 0.15) is 41.7 Å². The van der Waals surface area contributed by atoms with Gasteiger partial charge in [-0.05, 0) is 59.9 Å². The highest BCUT2D eigenvalue weighted by Crippen LogP contribution is 2.55. The van der Waals surface area contributed by atoms with E-state index in [0.717, 1.165) is 16.7 Å². The minimum absolute atomic E-state index is 0.0981. The van der Waals surface area contributed by atoms with Crippen LogP contribution in [0, 0.1) is 5.92 Å². The molecule has 4 aromatic carbocycles. The zero-order chi connectivity index (χ0) is 33.2. The number of ether oxygens (including phenoxy) is 5. The second-order valence-corrected chi connectivity index (χ2v) is 12.5. The quantitative estimate of drug-likeness (QED) is 0.175. The third-order valence-electron chi connectivity index (χ3n) is 9.05. The Bertz CT molecular complexity index is 1640. The van der Waals surface area contributed by atoms with E-state index in [9.17, 15) is 18.3 Å². The van der Waals surface area contributed by atoms with Crippen molar-refractivity contribution in [2.75, 3.05) is 6.61 Å². The third kappa shape index (κ3) is 7.06. The first-order chi connectivity index (χ1) is 22.5. The zero-order valence-corrected chi connectivity index (χ0v) is 26.7. The Labute approximate surface area is 276 Å². The number of hydrogen-bond acceptors (Lipinski definition) is 6. The van der Waals surface area contributed by atoms with Crippen LogP contribution in [0.4, 0.5) is 13.2 Å². The summed E-state index contributed by atoms with van der Waals surface area (Å²) in [6, 6.07) is 30.7. The molecule has 1 N–H and O–H groups in total. The fraction of sp³-hybridized carbons (Fsp3) is 0.351. The molecular weight excluding hydrogens is 633 g/mol. The molecule has 2 aliphatic heterocycles. The summed E-state index contributed by atoms with van der Waals surface area (Å²) < 4.78 is 68.9. The molecule has 248 valence electrons. The van der Waals surface area contributed by atoms with E-state index >= 15 is 0 Å². The highest BCUT2D eigenvalue weighted by molar-refractivity contribution is 6.31. The van der Waals surface area contributed by atoms with Crippen LogP contribution in [0.2, 0.25) is 5.02 Å². The van der Waals surface area contributed by atoms with Crippen molar-refractivity contribution in [3.63, 3.8) is 0 Å². The first-order valence-corrected chi connectivity index (χ1v) is 15.8. The summed E-state index contributed by atoms with van der Waals surface area (Å²) in [4.78, 5) is 0. The predicted molar refractivity (Wildman–Crippen MR) is 170 cm³/mol. The topological polar surface area (TPSA) is 66.4 Å². The normalized spacial score (nSPS) is 26.2. The van der Waals surface area contributed by atoms with Gasteiger partial charge in [-0.15, -0.1) is 13.2 Å². The van der Waals surface area contributed by atoms with E-state index in [4.69, 9.17) is 30.5 Å². The molecule has 0 radical (unpaired) electrons. The molecule has 0 amide bonds. The number of halogens is 4. The summed E-state index contributed by atoms with van der Waals surface area (Å²) in [5, 5.41) is 11.6. The summed E-state index contributed by atoms with van der Waals surface area (Å²) >= 11 is 6.68. The number of aliphatic hydroxyl groups is 1. The number of alkyl halides is 3. The van der Waals surface area contributed by atoms with E-state index in [0.29, 0.717) is 29.2 Å². The summed E-state index contributed by atoms with van der Waals surface area (Å²) in [7, 11) is 0. The fourth-order valence-corrected chi connectivity index (χ4v) is 6.68. The van der Waals surface area contributed by atoms with Crippen molar-refractivity contribution in [3.05, 3.63) is 136 Å². The van der Waals surface area contributed by atoms with Gasteiger partial charge in [-0.25, -0.2) is 0 Å². The SMILES string of the molecule is CC(O)[C@@]12CO[C@@](c3ccc(Cl)c(Cc4ccc(OC(F)(F)F)cc4)c3)(O1)[C@H](OCc1ccccc1)[C@@H](OCc1ccccc1)[C@@H]2C. The maximum absolute atomic E-state index is 12.7. The molecule has 2 bridgehead atoms. The number of rotatable bonds is 11. The lowest BCUT2D eigenvalue weighted by Crippen LogP contribution is -2.65. The predicted octanol–water partition coefficient (Wildman–Crippen LogP) is 7.97. The summed E-state index contributed by atoms with van der Waals surface area (Å²) in [6.45, 7) is 4.34. The van der Waals surface area contributed by atoms with Crippen molar-refractivity contribution < 1.29 is 42.0 Å². The van der Waals surface area contributed by atoms with E-state index < -0.39 is 36.1 Å². The first-order valence-electron chi connectivity index (χ1n) is 15.5. The number of hydrogen-bond donors (Lipinski definition) is 1. The Balaban J connectivity index is 1.37. The van der Waals surface area contributed by atoms with Crippen LogP contribution in [0.3, 0.4) is 0 Å². The Morgan fingerprint density at radius 1 is 0.872 bits per heavy atom. The zero-order valence-electron chi connectivity index (χ0n) is 26.0. The number of aliphatic hydroxyl groups excluding tert-OH is 1. The average Bonchev–Trinajstić information content (AvgIpc) is 3.44. The van der Waals surface area contributed by atoms with Crippen molar-refractivity contribution in [1.29, 1.82) is 0 Å². The lowest BCUT2D eigenvalue weighted by atomic mass is 9.75. The highest BCUT2D eigenvalue weighted by atomic mass is 35.5. The minimum Gasteiger partial charge on any atom is -0.406 e.